The van der Waals surface area contributed by atoms with Crippen LogP contribution in [0.1, 0.15) is 42.3 Å². The van der Waals surface area contributed by atoms with Gasteiger partial charge in [-0.05, 0) is 40.8 Å². The lowest BCUT2D eigenvalue weighted by molar-refractivity contribution is -0.307. The van der Waals surface area contributed by atoms with Crippen molar-refractivity contribution in [3.63, 3.8) is 0 Å². The molecule has 27 heavy (non-hydrogen) atoms. The third-order valence-corrected chi connectivity index (χ3v) is 4.00. The van der Waals surface area contributed by atoms with Gasteiger partial charge in [-0.25, -0.2) is 0 Å². The second-order valence-corrected chi connectivity index (χ2v) is 7.10. The fraction of sp³-hybridized carbons (Fsp3) is 0.273. The van der Waals surface area contributed by atoms with E-state index in [1.54, 1.807) is 12.1 Å². The second kappa shape index (κ2) is 8.54. The number of allylic oxidation sites excluding steroid dienone is 1. The normalized spacial score (nSPS) is 11.4. The summed E-state index contributed by atoms with van der Waals surface area (Å²) in [6.45, 7) is 5.85. The van der Waals surface area contributed by atoms with E-state index in [0.29, 0.717) is 5.56 Å². The molecule has 0 aromatic heterocycles. The van der Waals surface area contributed by atoms with E-state index < -0.39 is 12.6 Å². The first-order valence-electron chi connectivity index (χ1n) is 8.54. The van der Waals surface area contributed by atoms with E-state index in [-0.39, 0.29) is 22.7 Å². The second-order valence-electron chi connectivity index (χ2n) is 7.10. The summed E-state index contributed by atoms with van der Waals surface area (Å²) < 4.78 is 10.2. The molecule has 0 radical (unpaired) electrons. The summed E-state index contributed by atoms with van der Waals surface area (Å²) in [6.07, 6.45) is 3.24. The first-order chi connectivity index (χ1) is 12.7. The Morgan fingerprint density at radius 1 is 1.04 bits per heavy atom. The van der Waals surface area contributed by atoms with Crippen molar-refractivity contribution >= 4 is 17.8 Å². The van der Waals surface area contributed by atoms with Gasteiger partial charge in [0, 0.05) is 5.56 Å². The van der Waals surface area contributed by atoms with Crippen LogP contribution in [0.15, 0.2) is 48.5 Å². The molecule has 5 nitrogen and oxygen atoms in total. The lowest BCUT2D eigenvalue weighted by atomic mass is 9.87. The summed E-state index contributed by atoms with van der Waals surface area (Å²) in [4.78, 5) is 22.9. The first kappa shape index (κ1) is 20.2. The molecule has 0 atom stereocenters. The number of ether oxygens (including phenoxy) is 2. The van der Waals surface area contributed by atoms with Crippen LogP contribution in [0.4, 0.5) is 0 Å². The molecule has 5 heteroatoms. The Balaban J connectivity index is 2.13. The van der Waals surface area contributed by atoms with Crippen molar-refractivity contribution in [2.24, 2.45) is 0 Å². The van der Waals surface area contributed by atoms with Gasteiger partial charge in [0.05, 0.1) is 13.1 Å². The van der Waals surface area contributed by atoms with E-state index in [1.165, 1.54) is 30.9 Å². The minimum absolute atomic E-state index is 0.0785. The number of hydrogen-bond donors (Lipinski definition) is 0. The van der Waals surface area contributed by atoms with Crippen LogP contribution in [0.3, 0.4) is 0 Å². The molecule has 0 heterocycles. The number of ketones is 1. The number of benzene rings is 2. The zero-order valence-electron chi connectivity index (χ0n) is 15.9. The maximum atomic E-state index is 12.4. The molecule has 0 aliphatic heterocycles. The maximum Gasteiger partial charge on any atom is 0.185 e. The molecule has 2 aromatic carbocycles. The average molecular weight is 367 g/mol. The number of aliphatic carboxylic acids is 1. The minimum Gasteiger partial charge on any atom is -0.546 e. The molecule has 0 N–H and O–H groups in total. The summed E-state index contributed by atoms with van der Waals surface area (Å²) >= 11 is 0. The number of carboxylic acids is 1. The Kier molecular flexibility index (Phi) is 6.40. The fourth-order valence-corrected chi connectivity index (χ4v) is 2.44. The van der Waals surface area contributed by atoms with E-state index in [4.69, 9.17) is 9.47 Å². The predicted molar refractivity (Wildman–Crippen MR) is 102 cm³/mol. The monoisotopic (exact) mass is 367 g/mol. The lowest BCUT2D eigenvalue weighted by Gasteiger charge is -2.18. The largest absolute Gasteiger partial charge is 0.546 e. The average Bonchev–Trinajstić information content (AvgIpc) is 2.63. The Labute approximate surface area is 159 Å². The quantitative estimate of drug-likeness (QED) is 0.555. The Bertz CT molecular complexity index is 842. The summed E-state index contributed by atoms with van der Waals surface area (Å²) in [5, 5.41) is 10.5. The molecular weight excluding hydrogens is 344 g/mol. The van der Waals surface area contributed by atoms with E-state index in [2.05, 4.69) is 32.9 Å². The van der Waals surface area contributed by atoms with Crippen molar-refractivity contribution in [3.05, 3.63) is 65.2 Å². The highest BCUT2D eigenvalue weighted by Gasteiger charge is 2.13. The van der Waals surface area contributed by atoms with Crippen LogP contribution in [-0.2, 0) is 10.2 Å². The standard InChI is InChI=1S/C22H24O5/c1-22(2,3)17-9-5-15(6-10-17)7-11-18(23)16-8-12-19(20(13-16)26-4)27-14-21(24)25/h5-13H,14H2,1-4H3,(H,24,25)/p-1/b11-7+. The van der Waals surface area contributed by atoms with E-state index >= 15 is 0 Å². The number of carbonyl (C=O) groups is 2. The van der Waals surface area contributed by atoms with Gasteiger partial charge in [-0.3, -0.25) is 4.79 Å². The van der Waals surface area contributed by atoms with E-state index in [0.717, 1.165) is 5.56 Å². The first-order valence-corrected chi connectivity index (χ1v) is 8.54. The van der Waals surface area contributed by atoms with E-state index in [1.807, 2.05) is 12.1 Å². The molecule has 0 aliphatic rings. The fourth-order valence-electron chi connectivity index (χ4n) is 2.44. The number of hydrogen-bond acceptors (Lipinski definition) is 5. The van der Waals surface area contributed by atoms with Gasteiger partial charge in [-0.15, -0.1) is 0 Å². The molecule has 0 amide bonds. The number of methoxy groups -OCH3 is 1. The highest BCUT2D eigenvalue weighted by molar-refractivity contribution is 6.07. The smallest absolute Gasteiger partial charge is 0.185 e. The summed E-state index contributed by atoms with van der Waals surface area (Å²) in [7, 11) is 1.42. The van der Waals surface area contributed by atoms with Gasteiger partial charge in [-0.1, -0.05) is 51.1 Å². The van der Waals surface area contributed by atoms with Gasteiger partial charge in [0.2, 0.25) is 0 Å². The van der Waals surface area contributed by atoms with Crippen LogP contribution in [0, 0.1) is 0 Å². The molecule has 0 aliphatic carbocycles. The Morgan fingerprint density at radius 3 is 2.26 bits per heavy atom. The van der Waals surface area contributed by atoms with Gasteiger partial charge in [0.1, 0.15) is 6.61 Å². The zero-order chi connectivity index (χ0) is 20.0. The van der Waals surface area contributed by atoms with Crippen LogP contribution < -0.4 is 14.6 Å². The van der Waals surface area contributed by atoms with Crippen molar-refractivity contribution < 1.29 is 24.2 Å². The Morgan fingerprint density at radius 2 is 1.70 bits per heavy atom. The molecule has 0 spiro atoms. The van der Waals surface area contributed by atoms with Crippen molar-refractivity contribution in [2.45, 2.75) is 26.2 Å². The van der Waals surface area contributed by atoms with Gasteiger partial charge in [0.15, 0.2) is 17.3 Å². The molecule has 2 rings (SSSR count). The third-order valence-electron chi connectivity index (χ3n) is 4.00. The number of rotatable bonds is 7. The lowest BCUT2D eigenvalue weighted by Crippen LogP contribution is -2.29. The maximum absolute atomic E-state index is 12.4. The topological polar surface area (TPSA) is 75.7 Å². The van der Waals surface area contributed by atoms with Crippen LogP contribution in [-0.4, -0.2) is 25.5 Å². The van der Waals surface area contributed by atoms with Crippen LogP contribution in [0.2, 0.25) is 0 Å². The van der Waals surface area contributed by atoms with Gasteiger partial charge >= 0.3 is 0 Å². The minimum atomic E-state index is -1.34. The van der Waals surface area contributed by atoms with Gasteiger partial charge in [-0.2, -0.15) is 0 Å². The highest BCUT2D eigenvalue weighted by atomic mass is 16.5. The zero-order valence-corrected chi connectivity index (χ0v) is 15.9. The number of carboxylic acid groups (broad SMARTS) is 1. The van der Waals surface area contributed by atoms with Crippen LogP contribution in [0.25, 0.3) is 6.08 Å². The molecular formula is C22H23O5-. The molecule has 0 saturated carbocycles. The summed E-state index contributed by atoms with van der Waals surface area (Å²) in [5.74, 6) is -1.01. The van der Waals surface area contributed by atoms with Gasteiger partial charge < -0.3 is 19.4 Å². The Hall–Kier alpha value is -3.08. The summed E-state index contributed by atoms with van der Waals surface area (Å²) in [6, 6.07) is 12.6. The van der Waals surface area contributed by atoms with Crippen molar-refractivity contribution in [1.82, 2.24) is 0 Å². The summed E-state index contributed by atoms with van der Waals surface area (Å²) in [5.41, 5.74) is 2.64. The predicted octanol–water partition coefficient (Wildman–Crippen LogP) is 3.02. The molecule has 0 unspecified atom stereocenters. The molecule has 2 aromatic rings. The molecule has 0 bridgehead atoms. The van der Waals surface area contributed by atoms with Crippen LogP contribution >= 0.6 is 0 Å². The molecule has 0 fully saturated rings. The van der Waals surface area contributed by atoms with Crippen molar-refractivity contribution in [1.29, 1.82) is 0 Å². The van der Waals surface area contributed by atoms with E-state index in [9.17, 15) is 14.7 Å². The van der Waals surface area contributed by atoms with Crippen molar-refractivity contribution in [3.8, 4) is 11.5 Å². The number of carbonyl (C=O) groups excluding carboxylic acids is 2. The SMILES string of the molecule is COc1cc(C(=O)/C=C/c2ccc(C(C)(C)C)cc2)ccc1OCC(=O)[O-]. The molecule has 142 valence electrons. The molecule has 0 saturated heterocycles. The van der Waals surface area contributed by atoms with Crippen LogP contribution in [0.5, 0.6) is 11.5 Å². The third kappa shape index (κ3) is 5.71. The van der Waals surface area contributed by atoms with Gasteiger partial charge in [0.25, 0.3) is 0 Å². The highest BCUT2D eigenvalue weighted by Crippen LogP contribution is 2.28. The van der Waals surface area contributed by atoms with Crippen molar-refractivity contribution in [2.75, 3.05) is 13.7 Å².